The van der Waals surface area contributed by atoms with Crippen molar-refractivity contribution in [2.24, 2.45) is 5.92 Å². The lowest BCUT2D eigenvalue weighted by molar-refractivity contribution is 0.0870. The Hall–Kier alpha value is -0.220. The molecule has 1 saturated carbocycles. The number of halogens is 2. The molecule has 20 heavy (non-hydrogen) atoms. The lowest BCUT2D eigenvalue weighted by Crippen LogP contribution is -2.47. The van der Waals surface area contributed by atoms with Crippen LogP contribution in [0, 0.1) is 5.92 Å². The predicted molar refractivity (Wildman–Crippen MR) is 87.0 cm³/mol. The van der Waals surface area contributed by atoms with Crippen molar-refractivity contribution in [3.8, 4) is 0 Å². The molecule has 0 unspecified atom stereocenters. The van der Waals surface area contributed by atoms with Crippen LogP contribution in [0.4, 0.5) is 0 Å². The summed E-state index contributed by atoms with van der Waals surface area (Å²) in [5.74, 6) is 1.98. The minimum absolute atomic E-state index is 0. The van der Waals surface area contributed by atoms with E-state index in [4.69, 9.17) is 4.42 Å². The molecule has 2 heterocycles. The highest BCUT2D eigenvalue weighted by Gasteiger charge is 2.32. The Bertz CT molecular complexity index is 329. The Morgan fingerprint density at radius 2 is 1.80 bits per heavy atom. The molecular weight excluding hydrogens is 295 g/mol. The molecule has 3 nitrogen and oxygen atoms in total. The van der Waals surface area contributed by atoms with Gasteiger partial charge in [-0.1, -0.05) is 19.3 Å². The maximum atomic E-state index is 5.74. The van der Waals surface area contributed by atoms with E-state index < -0.39 is 0 Å². The number of furan rings is 1. The SMILES string of the molecule is Cl.Cl.c1coc([C@H](C2CCCCC2)N2CCNCC2)c1. The normalized spacial score (nSPS) is 22.6. The molecular formula is C15H26Cl2N2O. The van der Waals surface area contributed by atoms with Crippen molar-refractivity contribution in [3.05, 3.63) is 24.2 Å². The van der Waals surface area contributed by atoms with Crippen LogP contribution in [0.1, 0.15) is 43.9 Å². The van der Waals surface area contributed by atoms with Crippen LogP contribution in [0.3, 0.4) is 0 Å². The summed E-state index contributed by atoms with van der Waals surface area (Å²) < 4.78 is 5.74. The molecule has 0 aromatic carbocycles. The van der Waals surface area contributed by atoms with Crippen LogP contribution < -0.4 is 5.32 Å². The molecule has 116 valence electrons. The monoisotopic (exact) mass is 320 g/mol. The molecule has 5 heteroatoms. The Labute approximate surface area is 134 Å². The van der Waals surface area contributed by atoms with Gasteiger partial charge in [0.25, 0.3) is 0 Å². The average Bonchev–Trinajstić information content (AvgIpc) is 2.95. The number of piperazine rings is 1. The average molecular weight is 321 g/mol. The molecule has 2 aliphatic rings. The van der Waals surface area contributed by atoms with Crippen molar-refractivity contribution in [2.75, 3.05) is 26.2 Å². The van der Waals surface area contributed by atoms with E-state index in [-0.39, 0.29) is 24.8 Å². The second kappa shape index (κ2) is 8.93. The predicted octanol–water partition coefficient (Wildman–Crippen LogP) is 3.65. The first kappa shape index (κ1) is 17.8. The van der Waals surface area contributed by atoms with Crippen molar-refractivity contribution in [2.45, 2.75) is 38.1 Å². The summed E-state index contributed by atoms with van der Waals surface area (Å²) in [5.41, 5.74) is 0. The van der Waals surface area contributed by atoms with Crippen LogP contribution in [0.2, 0.25) is 0 Å². The van der Waals surface area contributed by atoms with Gasteiger partial charge in [-0.2, -0.15) is 0 Å². The van der Waals surface area contributed by atoms with Crippen LogP contribution in [0.5, 0.6) is 0 Å². The molecule has 1 N–H and O–H groups in total. The van der Waals surface area contributed by atoms with E-state index in [1.165, 1.54) is 37.9 Å². The van der Waals surface area contributed by atoms with Gasteiger partial charge in [-0.25, -0.2) is 0 Å². The third-order valence-electron chi connectivity index (χ3n) is 4.48. The molecule has 1 atom stereocenters. The fourth-order valence-corrected chi connectivity index (χ4v) is 3.58. The molecule has 0 bridgehead atoms. The highest BCUT2D eigenvalue weighted by molar-refractivity contribution is 5.85. The van der Waals surface area contributed by atoms with E-state index in [1.807, 2.05) is 12.3 Å². The van der Waals surface area contributed by atoms with Crippen molar-refractivity contribution >= 4 is 24.8 Å². The summed E-state index contributed by atoms with van der Waals surface area (Å²) in [7, 11) is 0. The largest absolute Gasteiger partial charge is 0.468 e. The summed E-state index contributed by atoms with van der Waals surface area (Å²) in [4.78, 5) is 2.63. The first-order valence-electron chi connectivity index (χ1n) is 7.43. The van der Waals surface area contributed by atoms with Gasteiger partial charge in [-0.3, -0.25) is 4.90 Å². The Morgan fingerprint density at radius 1 is 1.10 bits per heavy atom. The maximum Gasteiger partial charge on any atom is 0.121 e. The summed E-state index contributed by atoms with van der Waals surface area (Å²) >= 11 is 0. The molecule has 0 amide bonds. The summed E-state index contributed by atoms with van der Waals surface area (Å²) in [6.07, 6.45) is 8.78. The number of hydrogen-bond donors (Lipinski definition) is 1. The third kappa shape index (κ3) is 4.14. The second-order valence-corrected chi connectivity index (χ2v) is 5.64. The van der Waals surface area contributed by atoms with Crippen molar-refractivity contribution < 1.29 is 4.42 Å². The van der Waals surface area contributed by atoms with Crippen LogP contribution in [0.25, 0.3) is 0 Å². The Balaban J connectivity index is 0.000001000. The first-order chi connectivity index (χ1) is 8.95. The zero-order valence-electron chi connectivity index (χ0n) is 11.9. The van der Waals surface area contributed by atoms with Gasteiger partial charge in [0.15, 0.2) is 0 Å². The molecule has 1 aromatic heterocycles. The Morgan fingerprint density at radius 3 is 2.40 bits per heavy atom. The number of hydrogen-bond acceptors (Lipinski definition) is 3. The van der Waals surface area contributed by atoms with E-state index >= 15 is 0 Å². The molecule has 2 fully saturated rings. The standard InChI is InChI=1S/C15H24N2O.2ClH/c1-2-5-13(6-3-1)15(14-7-4-12-18-14)17-10-8-16-9-11-17;;/h4,7,12-13,15-16H,1-3,5-6,8-11H2;2*1H/t15-;;/m0../s1. The summed E-state index contributed by atoms with van der Waals surface area (Å²) in [5, 5.41) is 3.45. The zero-order chi connectivity index (χ0) is 12.2. The number of nitrogens with one attached hydrogen (secondary N) is 1. The zero-order valence-corrected chi connectivity index (χ0v) is 13.6. The molecule has 1 aliphatic heterocycles. The maximum absolute atomic E-state index is 5.74. The van der Waals surface area contributed by atoms with Crippen molar-refractivity contribution in [3.63, 3.8) is 0 Å². The van der Waals surface area contributed by atoms with Gasteiger partial charge in [-0.15, -0.1) is 24.8 Å². The molecule has 1 aliphatic carbocycles. The quantitative estimate of drug-likeness (QED) is 0.921. The molecule has 0 spiro atoms. The summed E-state index contributed by atoms with van der Waals surface area (Å²) in [6.45, 7) is 4.54. The van der Waals surface area contributed by atoms with Crippen molar-refractivity contribution in [1.29, 1.82) is 0 Å². The van der Waals surface area contributed by atoms with Gasteiger partial charge in [-0.05, 0) is 30.9 Å². The highest BCUT2D eigenvalue weighted by atomic mass is 35.5. The van der Waals surface area contributed by atoms with Crippen LogP contribution in [0.15, 0.2) is 22.8 Å². The first-order valence-corrected chi connectivity index (χ1v) is 7.43. The smallest absolute Gasteiger partial charge is 0.121 e. The fraction of sp³-hybridized carbons (Fsp3) is 0.733. The van der Waals surface area contributed by atoms with Gasteiger partial charge < -0.3 is 9.73 Å². The van der Waals surface area contributed by atoms with Gasteiger partial charge >= 0.3 is 0 Å². The number of nitrogens with zero attached hydrogens (tertiary/aromatic N) is 1. The van der Waals surface area contributed by atoms with E-state index in [0.717, 1.165) is 32.1 Å². The van der Waals surface area contributed by atoms with Crippen LogP contribution in [-0.4, -0.2) is 31.1 Å². The molecule has 0 radical (unpaired) electrons. The van der Waals surface area contributed by atoms with Gasteiger partial charge in [0.1, 0.15) is 5.76 Å². The van der Waals surface area contributed by atoms with Crippen LogP contribution in [-0.2, 0) is 0 Å². The third-order valence-corrected chi connectivity index (χ3v) is 4.48. The molecule has 3 rings (SSSR count). The Kier molecular flexibility index (Phi) is 7.96. The van der Waals surface area contributed by atoms with Gasteiger partial charge in [0.05, 0.1) is 12.3 Å². The highest BCUT2D eigenvalue weighted by Crippen LogP contribution is 2.38. The van der Waals surface area contributed by atoms with Crippen molar-refractivity contribution in [1.82, 2.24) is 10.2 Å². The minimum atomic E-state index is 0. The van der Waals surface area contributed by atoms with Gasteiger partial charge in [0, 0.05) is 26.2 Å². The topological polar surface area (TPSA) is 28.4 Å². The number of rotatable bonds is 3. The van der Waals surface area contributed by atoms with E-state index in [0.29, 0.717) is 6.04 Å². The lowest BCUT2D eigenvalue weighted by atomic mass is 9.82. The van der Waals surface area contributed by atoms with Gasteiger partial charge in [0.2, 0.25) is 0 Å². The van der Waals surface area contributed by atoms with E-state index in [2.05, 4.69) is 16.3 Å². The van der Waals surface area contributed by atoms with E-state index in [1.54, 1.807) is 0 Å². The summed E-state index contributed by atoms with van der Waals surface area (Å²) in [6, 6.07) is 4.72. The fourth-order valence-electron chi connectivity index (χ4n) is 3.58. The second-order valence-electron chi connectivity index (χ2n) is 5.64. The van der Waals surface area contributed by atoms with Crippen LogP contribution >= 0.6 is 24.8 Å². The molecule has 1 saturated heterocycles. The van der Waals surface area contributed by atoms with E-state index in [9.17, 15) is 0 Å². The minimum Gasteiger partial charge on any atom is -0.468 e. The molecule has 1 aromatic rings. The lowest BCUT2D eigenvalue weighted by Gasteiger charge is -2.39.